The average Bonchev–Trinajstić information content (AvgIpc) is 2.88. The van der Waals surface area contributed by atoms with Crippen LogP contribution in [0.25, 0.3) is 0 Å². The Morgan fingerprint density at radius 1 is 1.08 bits per heavy atom. The Balaban J connectivity index is 1.94. The highest BCUT2D eigenvalue weighted by Crippen LogP contribution is 2.46. The van der Waals surface area contributed by atoms with Gasteiger partial charge in [-0.25, -0.2) is 0 Å². The summed E-state index contributed by atoms with van der Waals surface area (Å²) in [6.45, 7) is 4.13. The number of amides is 1. The van der Waals surface area contributed by atoms with Crippen molar-refractivity contribution in [2.45, 2.75) is 45.4 Å². The molecule has 0 N–H and O–H groups in total. The monoisotopic (exact) mass is 181 g/mol. The number of carbonyl (C=O) groups excluding carboxylic acids is 1. The van der Waals surface area contributed by atoms with E-state index in [0.29, 0.717) is 5.91 Å². The van der Waals surface area contributed by atoms with Crippen LogP contribution < -0.4 is 0 Å². The lowest BCUT2D eigenvalue weighted by atomic mass is 10.1. The van der Waals surface area contributed by atoms with Gasteiger partial charge >= 0.3 is 0 Å². The molecule has 74 valence electrons. The Bertz CT molecular complexity index is 200. The zero-order valence-corrected chi connectivity index (χ0v) is 8.51. The first-order chi connectivity index (χ1) is 6.22. The summed E-state index contributed by atoms with van der Waals surface area (Å²) in [4.78, 5) is 14.1. The lowest BCUT2D eigenvalue weighted by Crippen LogP contribution is -2.36. The predicted molar refractivity (Wildman–Crippen MR) is 52.4 cm³/mol. The highest BCUT2D eigenvalue weighted by atomic mass is 16.2. The van der Waals surface area contributed by atoms with Gasteiger partial charge in [-0.15, -0.1) is 0 Å². The molecular weight excluding hydrogens is 162 g/mol. The molecule has 1 aliphatic carbocycles. The van der Waals surface area contributed by atoms with E-state index in [0.717, 1.165) is 25.9 Å². The molecule has 0 bridgehead atoms. The van der Waals surface area contributed by atoms with Crippen molar-refractivity contribution in [3.63, 3.8) is 0 Å². The first-order valence-corrected chi connectivity index (χ1v) is 5.52. The minimum Gasteiger partial charge on any atom is -0.342 e. The van der Waals surface area contributed by atoms with Crippen molar-refractivity contribution >= 4 is 5.91 Å². The van der Waals surface area contributed by atoms with Gasteiger partial charge in [-0.05, 0) is 25.7 Å². The molecule has 13 heavy (non-hydrogen) atoms. The van der Waals surface area contributed by atoms with Gasteiger partial charge in [0, 0.05) is 18.5 Å². The maximum absolute atomic E-state index is 12.0. The smallest absolute Gasteiger partial charge is 0.228 e. The maximum atomic E-state index is 12.0. The molecule has 0 radical (unpaired) electrons. The first-order valence-electron chi connectivity index (χ1n) is 5.52. The van der Waals surface area contributed by atoms with Gasteiger partial charge in [0.2, 0.25) is 5.91 Å². The summed E-state index contributed by atoms with van der Waals surface area (Å²) in [6, 6.07) is 0. The number of hydrogen-bond acceptors (Lipinski definition) is 1. The molecule has 0 aromatic rings. The molecular formula is C11H19NO. The summed E-state index contributed by atoms with van der Waals surface area (Å²) in [5.74, 6) is 0.425. The van der Waals surface area contributed by atoms with Crippen molar-refractivity contribution in [3.8, 4) is 0 Å². The molecule has 2 heteroatoms. The number of hydrogen-bond donors (Lipinski definition) is 0. The molecule has 0 aromatic carbocycles. The molecule has 1 heterocycles. The number of rotatable bonds is 1. The van der Waals surface area contributed by atoms with Crippen LogP contribution in [0.1, 0.15) is 45.4 Å². The summed E-state index contributed by atoms with van der Waals surface area (Å²) in [5.41, 5.74) is 0.0460. The molecule has 2 rings (SSSR count). The normalized spacial score (nSPS) is 26.7. The van der Waals surface area contributed by atoms with E-state index >= 15 is 0 Å². The second-order valence-electron chi connectivity index (χ2n) is 4.77. The van der Waals surface area contributed by atoms with Crippen LogP contribution in [0.2, 0.25) is 0 Å². The topological polar surface area (TPSA) is 20.3 Å². The van der Waals surface area contributed by atoms with Crippen molar-refractivity contribution in [2.75, 3.05) is 13.1 Å². The number of carbonyl (C=O) groups is 1. The van der Waals surface area contributed by atoms with E-state index in [9.17, 15) is 4.79 Å². The van der Waals surface area contributed by atoms with Gasteiger partial charge in [-0.2, -0.15) is 0 Å². The standard InChI is InChI=1S/C11H19NO/c1-11(6-7-11)10(13)12-8-4-2-3-5-9-12/h2-9H2,1H3. The van der Waals surface area contributed by atoms with Gasteiger partial charge < -0.3 is 4.90 Å². The second kappa shape index (κ2) is 3.32. The lowest BCUT2D eigenvalue weighted by molar-refractivity contribution is -0.136. The summed E-state index contributed by atoms with van der Waals surface area (Å²) >= 11 is 0. The van der Waals surface area contributed by atoms with Crippen LogP contribution in [-0.4, -0.2) is 23.9 Å². The molecule has 1 aliphatic heterocycles. The molecule has 1 amide bonds. The van der Waals surface area contributed by atoms with Gasteiger partial charge in [-0.1, -0.05) is 19.8 Å². The fourth-order valence-electron chi connectivity index (χ4n) is 2.06. The Kier molecular flexibility index (Phi) is 2.31. The van der Waals surface area contributed by atoms with Crippen LogP contribution in [0, 0.1) is 5.41 Å². The Hall–Kier alpha value is -0.530. The highest BCUT2D eigenvalue weighted by Gasteiger charge is 2.46. The summed E-state index contributed by atoms with van der Waals surface area (Å²) in [7, 11) is 0. The van der Waals surface area contributed by atoms with Gasteiger partial charge in [0.15, 0.2) is 0 Å². The van der Waals surface area contributed by atoms with Crippen LogP contribution in [-0.2, 0) is 4.79 Å². The van der Waals surface area contributed by atoms with Crippen LogP contribution in [0.4, 0.5) is 0 Å². The van der Waals surface area contributed by atoms with Crippen LogP contribution >= 0.6 is 0 Å². The minimum absolute atomic E-state index is 0.0460. The minimum atomic E-state index is 0.0460. The van der Waals surface area contributed by atoms with E-state index in [1.54, 1.807) is 0 Å². The van der Waals surface area contributed by atoms with Crippen LogP contribution in [0.3, 0.4) is 0 Å². The lowest BCUT2D eigenvalue weighted by Gasteiger charge is -2.23. The van der Waals surface area contributed by atoms with E-state index in [4.69, 9.17) is 0 Å². The fourth-order valence-corrected chi connectivity index (χ4v) is 2.06. The second-order valence-corrected chi connectivity index (χ2v) is 4.77. The van der Waals surface area contributed by atoms with Gasteiger partial charge in [0.25, 0.3) is 0 Å². The number of likely N-dealkylation sites (tertiary alicyclic amines) is 1. The van der Waals surface area contributed by atoms with E-state index < -0.39 is 0 Å². The molecule has 2 fully saturated rings. The summed E-state index contributed by atoms with van der Waals surface area (Å²) in [6.07, 6.45) is 7.26. The van der Waals surface area contributed by atoms with Crippen LogP contribution in [0.5, 0.6) is 0 Å². The molecule has 0 aromatic heterocycles. The Labute approximate surface area is 80.3 Å². The third kappa shape index (κ3) is 1.87. The Morgan fingerprint density at radius 3 is 2.08 bits per heavy atom. The summed E-state index contributed by atoms with van der Waals surface area (Å²) in [5, 5.41) is 0. The molecule has 2 aliphatic rings. The van der Waals surface area contributed by atoms with Gasteiger partial charge in [0.1, 0.15) is 0 Å². The summed E-state index contributed by atoms with van der Waals surface area (Å²) < 4.78 is 0. The van der Waals surface area contributed by atoms with E-state index in [2.05, 4.69) is 11.8 Å². The zero-order valence-electron chi connectivity index (χ0n) is 8.51. The molecule has 2 nitrogen and oxygen atoms in total. The predicted octanol–water partition coefficient (Wildman–Crippen LogP) is 2.19. The van der Waals surface area contributed by atoms with E-state index in [-0.39, 0.29) is 5.41 Å². The Morgan fingerprint density at radius 2 is 1.62 bits per heavy atom. The van der Waals surface area contributed by atoms with Crippen molar-refractivity contribution in [3.05, 3.63) is 0 Å². The quantitative estimate of drug-likeness (QED) is 0.607. The van der Waals surface area contributed by atoms with E-state index in [1.165, 1.54) is 25.7 Å². The highest BCUT2D eigenvalue weighted by molar-refractivity contribution is 5.84. The zero-order chi connectivity index (χ0) is 9.31. The van der Waals surface area contributed by atoms with E-state index in [1.807, 2.05) is 0 Å². The fraction of sp³-hybridized carbons (Fsp3) is 0.909. The van der Waals surface area contributed by atoms with Gasteiger partial charge in [0.05, 0.1) is 0 Å². The molecule has 0 atom stereocenters. The van der Waals surface area contributed by atoms with Crippen molar-refractivity contribution in [1.82, 2.24) is 4.90 Å². The SMILES string of the molecule is CC1(C(=O)N2CCCCCC2)CC1. The van der Waals surface area contributed by atoms with Crippen LogP contribution in [0.15, 0.2) is 0 Å². The molecule has 0 unspecified atom stereocenters. The molecule has 1 saturated heterocycles. The number of nitrogens with zero attached hydrogens (tertiary/aromatic N) is 1. The van der Waals surface area contributed by atoms with Crippen molar-refractivity contribution in [1.29, 1.82) is 0 Å². The largest absolute Gasteiger partial charge is 0.342 e. The van der Waals surface area contributed by atoms with Crippen molar-refractivity contribution < 1.29 is 4.79 Å². The van der Waals surface area contributed by atoms with Gasteiger partial charge in [-0.3, -0.25) is 4.79 Å². The molecule has 0 spiro atoms. The first kappa shape index (κ1) is 9.04. The van der Waals surface area contributed by atoms with Crippen molar-refractivity contribution in [2.24, 2.45) is 5.41 Å². The third-order valence-corrected chi connectivity index (χ3v) is 3.41. The maximum Gasteiger partial charge on any atom is 0.228 e. The third-order valence-electron chi connectivity index (χ3n) is 3.41. The molecule has 1 saturated carbocycles. The average molecular weight is 181 g/mol.